The van der Waals surface area contributed by atoms with E-state index >= 15 is 0 Å². The molecule has 136 valence electrons. The zero-order valence-electron chi connectivity index (χ0n) is 15.2. The molecule has 0 atom stereocenters. The number of aromatic nitrogens is 3. The molecule has 2 aromatic heterocycles. The predicted octanol–water partition coefficient (Wildman–Crippen LogP) is 6.02. The SMILES string of the molecule is CCc1ccc(-c2nc(CSc3nnc(-c4ccccc4C)o3)cs2)cc1. The van der Waals surface area contributed by atoms with Gasteiger partial charge in [-0.25, -0.2) is 4.98 Å². The molecule has 0 saturated carbocycles. The Hall–Kier alpha value is -2.44. The number of rotatable bonds is 6. The van der Waals surface area contributed by atoms with Gasteiger partial charge in [0, 0.05) is 22.3 Å². The molecule has 0 fully saturated rings. The lowest BCUT2D eigenvalue weighted by Crippen LogP contribution is -1.83. The second-order valence-electron chi connectivity index (χ2n) is 6.17. The second kappa shape index (κ2) is 8.06. The molecule has 0 bridgehead atoms. The molecule has 0 N–H and O–H groups in total. The summed E-state index contributed by atoms with van der Waals surface area (Å²) in [5, 5.41) is 12.0. The first-order chi connectivity index (χ1) is 13.2. The summed E-state index contributed by atoms with van der Waals surface area (Å²) < 4.78 is 5.81. The molecule has 4 aromatic rings. The van der Waals surface area contributed by atoms with Crippen molar-refractivity contribution in [3.63, 3.8) is 0 Å². The normalized spacial score (nSPS) is 11.0. The zero-order chi connectivity index (χ0) is 18.6. The average Bonchev–Trinajstić information content (AvgIpc) is 3.36. The van der Waals surface area contributed by atoms with Crippen LogP contribution in [0.25, 0.3) is 22.0 Å². The van der Waals surface area contributed by atoms with Gasteiger partial charge in [-0.3, -0.25) is 0 Å². The van der Waals surface area contributed by atoms with Crippen LogP contribution in [0.4, 0.5) is 0 Å². The Morgan fingerprint density at radius 2 is 1.85 bits per heavy atom. The maximum Gasteiger partial charge on any atom is 0.277 e. The molecule has 2 heterocycles. The lowest BCUT2D eigenvalue weighted by Gasteiger charge is -1.99. The highest BCUT2D eigenvalue weighted by molar-refractivity contribution is 7.98. The van der Waals surface area contributed by atoms with E-state index in [4.69, 9.17) is 9.40 Å². The van der Waals surface area contributed by atoms with Crippen molar-refractivity contribution in [2.75, 3.05) is 0 Å². The van der Waals surface area contributed by atoms with Gasteiger partial charge in [-0.05, 0) is 30.5 Å². The van der Waals surface area contributed by atoms with Gasteiger partial charge in [-0.1, -0.05) is 61.2 Å². The van der Waals surface area contributed by atoms with Crippen LogP contribution in [-0.2, 0) is 12.2 Å². The van der Waals surface area contributed by atoms with Crippen molar-refractivity contribution in [3.8, 4) is 22.0 Å². The molecule has 2 aromatic carbocycles. The molecule has 0 spiro atoms. The first-order valence-corrected chi connectivity index (χ1v) is 10.7. The Labute approximate surface area is 166 Å². The molecule has 0 aliphatic rings. The molecule has 0 unspecified atom stereocenters. The van der Waals surface area contributed by atoms with E-state index in [0.29, 0.717) is 16.9 Å². The van der Waals surface area contributed by atoms with Gasteiger partial charge in [0.25, 0.3) is 5.22 Å². The van der Waals surface area contributed by atoms with E-state index in [0.717, 1.165) is 33.8 Å². The van der Waals surface area contributed by atoms with Gasteiger partial charge in [-0.15, -0.1) is 21.5 Å². The highest BCUT2D eigenvalue weighted by atomic mass is 32.2. The van der Waals surface area contributed by atoms with E-state index in [-0.39, 0.29) is 0 Å². The van der Waals surface area contributed by atoms with Crippen molar-refractivity contribution in [1.82, 2.24) is 15.2 Å². The third kappa shape index (κ3) is 4.12. The van der Waals surface area contributed by atoms with Crippen LogP contribution in [0, 0.1) is 6.92 Å². The minimum atomic E-state index is 0.561. The Kier molecular flexibility index (Phi) is 5.36. The molecule has 27 heavy (non-hydrogen) atoms. The molecule has 0 aliphatic heterocycles. The fraction of sp³-hybridized carbons (Fsp3) is 0.190. The number of aryl methyl sites for hydroxylation is 2. The van der Waals surface area contributed by atoms with Gasteiger partial charge >= 0.3 is 0 Å². The summed E-state index contributed by atoms with van der Waals surface area (Å²) in [7, 11) is 0. The summed E-state index contributed by atoms with van der Waals surface area (Å²) in [5.74, 6) is 1.27. The van der Waals surface area contributed by atoms with E-state index in [1.165, 1.54) is 17.3 Å². The monoisotopic (exact) mass is 393 g/mol. The molecular weight excluding hydrogens is 374 g/mol. The van der Waals surface area contributed by atoms with Gasteiger partial charge in [0.1, 0.15) is 5.01 Å². The minimum absolute atomic E-state index is 0.561. The number of thiazole rings is 1. The molecule has 4 nitrogen and oxygen atoms in total. The number of benzene rings is 2. The number of hydrogen-bond acceptors (Lipinski definition) is 6. The third-order valence-corrected chi connectivity index (χ3v) is 6.08. The fourth-order valence-corrected chi connectivity index (χ4v) is 4.30. The van der Waals surface area contributed by atoms with Crippen molar-refractivity contribution in [1.29, 1.82) is 0 Å². The number of hydrogen-bond donors (Lipinski definition) is 0. The van der Waals surface area contributed by atoms with Crippen LogP contribution in [0.2, 0.25) is 0 Å². The van der Waals surface area contributed by atoms with Crippen LogP contribution in [-0.4, -0.2) is 15.2 Å². The Morgan fingerprint density at radius 1 is 1.04 bits per heavy atom. The summed E-state index contributed by atoms with van der Waals surface area (Å²) in [4.78, 5) is 4.74. The topological polar surface area (TPSA) is 51.8 Å². The smallest absolute Gasteiger partial charge is 0.277 e. The van der Waals surface area contributed by atoms with Crippen LogP contribution in [0.1, 0.15) is 23.7 Å². The van der Waals surface area contributed by atoms with Gasteiger partial charge in [-0.2, -0.15) is 0 Å². The molecule has 0 aliphatic carbocycles. The standard InChI is InChI=1S/C21H19N3OS2/c1-3-15-8-10-16(11-9-15)20-22-17(12-26-20)13-27-21-24-23-19(25-21)18-7-5-4-6-14(18)2/h4-12H,3,13H2,1-2H3. The quantitative estimate of drug-likeness (QED) is 0.375. The maximum atomic E-state index is 5.81. The van der Waals surface area contributed by atoms with E-state index in [1.54, 1.807) is 11.3 Å². The highest BCUT2D eigenvalue weighted by Crippen LogP contribution is 2.29. The van der Waals surface area contributed by atoms with E-state index < -0.39 is 0 Å². The van der Waals surface area contributed by atoms with Crippen LogP contribution < -0.4 is 0 Å². The Balaban J connectivity index is 1.42. The van der Waals surface area contributed by atoms with E-state index in [1.807, 2.05) is 31.2 Å². The van der Waals surface area contributed by atoms with Gasteiger partial charge in [0.2, 0.25) is 5.89 Å². The molecule has 0 saturated heterocycles. The maximum absolute atomic E-state index is 5.81. The lowest BCUT2D eigenvalue weighted by atomic mass is 10.1. The van der Waals surface area contributed by atoms with Crippen LogP contribution in [0.5, 0.6) is 0 Å². The van der Waals surface area contributed by atoms with Crippen molar-refractivity contribution in [3.05, 3.63) is 70.7 Å². The van der Waals surface area contributed by atoms with E-state index in [2.05, 4.69) is 46.8 Å². The summed E-state index contributed by atoms with van der Waals surface area (Å²) in [6, 6.07) is 16.6. The Morgan fingerprint density at radius 3 is 2.63 bits per heavy atom. The van der Waals surface area contributed by atoms with Crippen LogP contribution >= 0.6 is 23.1 Å². The lowest BCUT2D eigenvalue weighted by molar-refractivity contribution is 0.465. The van der Waals surface area contributed by atoms with Crippen LogP contribution in [0.15, 0.2) is 63.6 Å². The number of nitrogens with zero attached hydrogens (tertiary/aromatic N) is 3. The molecule has 0 amide bonds. The summed E-state index contributed by atoms with van der Waals surface area (Å²) in [6.07, 6.45) is 1.05. The first kappa shape index (κ1) is 17.9. The van der Waals surface area contributed by atoms with Gasteiger partial charge < -0.3 is 4.42 Å². The Bertz CT molecular complexity index is 1040. The molecular formula is C21H19N3OS2. The van der Waals surface area contributed by atoms with Gasteiger partial charge in [0.05, 0.1) is 5.69 Å². The molecule has 6 heteroatoms. The largest absolute Gasteiger partial charge is 0.411 e. The second-order valence-corrected chi connectivity index (χ2v) is 7.96. The van der Waals surface area contributed by atoms with Gasteiger partial charge in [0.15, 0.2) is 0 Å². The predicted molar refractivity (Wildman–Crippen MR) is 111 cm³/mol. The minimum Gasteiger partial charge on any atom is -0.411 e. The van der Waals surface area contributed by atoms with Crippen LogP contribution in [0.3, 0.4) is 0 Å². The third-order valence-electron chi connectivity index (χ3n) is 4.29. The molecule has 4 rings (SSSR count). The average molecular weight is 394 g/mol. The molecule has 0 radical (unpaired) electrons. The van der Waals surface area contributed by atoms with Crippen molar-refractivity contribution < 1.29 is 4.42 Å². The number of thioether (sulfide) groups is 1. The van der Waals surface area contributed by atoms with E-state index in [9.17, 15) is 0 Å². The summed E-state index contributed by atoms with van der Waals surface area (Å²) in [6.45, 7) is 4.20. The fourth-order valence-electron chi connectivity index (χ4n) is 2.71. The summed E-state index contributed by atoms with van der Waals surface area (Å²) in [5.41, 5.74) is 5.62. The zero-order valence-corrected chi connectivity index (χ0v) is 16.8. The highest BCUT2D eigenvalue weighted by Gasteiger charge is 2.12. The van der Waals surface area contributed by atoms with Crippen molar-refractivity contribution >= 4 is 23.1 Å². The van der Waals surface area contributed by atoms with Crippen molar-refractivity contribution in [2.45, 2.75) is 31.2 Å². The summed E-state index contributed by atoms with van der Waals surface area (Å²) >= 11 is 3.18. The van der Waals surface area contributed by atoms with Crippen molar-refractivity contribution in [2.24, 2.45) is 0 Å². The first-order valence-electron chi connectivity index (χ1n) is 8.79.